The number of carbonyl (C=O) groups excluding carboxylic acids is 1. The molecule has 2 N–H and O–H groups in total. The van der Waals surface area contributed by atoms with E-state index in [9.17, 15) is 9.59 Å². The summed E-state index contributed by atoms with van der Waals surface area (Å²) in [5.41, 5.74) is 0. The molecule has 2 atom stereocenters. The maximum atomic E-state index is 12.2. The molecule has 0 aromatic rings. The minimum atomic E-state index is -0.755. The van der Waals surface area contributed by atoms with Crippen LogP contribution in [0.4, 0.5) is 0 Å². The number of carboxylic acid groups (broad SMARTS) is 1. The van der Waals surface area contributed by atoms with Crippen molar-refractivity contribution in [2.24, 2.45) is 5.92 Å². The van der Waals surface area contributed by atoms with Gasteiger partial charge in [-0.05, 0) is 45.1 Å². The smallest absolute Gasteiger partial charge is 0.303 e. The number of piperidine rings is 1. The minimum Gasteiger partial charge on any atom is -0.481 e. The van der Waals surface area contributed by atoms with Gasteiger partial charge in [0.15, 0.2) is 0 Å². The number of aliphatic carboxylic acids is 1. The van der Waals surface area contributed by atoms with Crippen LogP contribution in [0, 0.1) is 5.92 Å². The van der Waals surface area contributed by atoms with Crippen LogP contribution in [0.25, 0.3) is 0 Å². The molecule has 1 rings (SSSR count). The molecule has 0 aromatic heterocycles. The van der Waals surface area contributed by atoms with Crippen LogP contribution in [-0.4, -0.2) is 47.1 Å². The van der Waals surface area contributed by atoms with E-state index in [1.54, 1.807) is 0 Å². The van der Waals surface area contributed by atoms with Crippen molar-refractivity contribution in [2.45, 2.75) is 71.4 Å². The second kappa shape index (κ2) is 9.03. The normalized spacial score (nSPS) is 21.2. The molecule has 0 spiro atoms. The zero-order chi connectivity index (χ0) is 15.8. The number of hydrogen-bond acceptors (Lipinski definition) is 3. The number of carboxylic acids is 1. The van der Waals surface area contributed by atoms with Crippen molar-refractivity contribution in [3.8, 4) is 0 Å². The Morgan fingerprint density at radius 3 is 2.62 bits per heavy atom. The Kier molecular flexibility index (Phi) is 7.72. The van der Waals surface area contributed by atoms with E-state index in [2.05, 4.69) is 24.1 Å². The Labute approximate surface area is 128 Å². The SMILES string of the molecule is CC(C)CCNC(=O)C(C)N1CCCCC1CCC(=O)O. The van der Waals surface area contributed by atoms with Crippen LogP contribution < -0.4 is 5.32 Å². The van der Waals surface area contributed by atoms with Gasteiger partial charge >= 0.3 is 5.97 Å². The Morgan fingerprint density at radius 2 is 2.00 bits per heavy atom. The molecule has 0 aromatic carbocycles. The molecule has 0 bridgehead atoms. The van der Waals surface area contributed by atoms with E-state index in [1.807, 2.05) is 6.92 Å². The Morgan fingerprint density at radius 1 is 1.29 bits per heavy atom. The molecule has 5 heteroatoms. The summed E-state index contributed by atoms with van der Waals surface area (Å²) in [7, 11) is 0. The highest BCUT2D eigenvalue weighted by Crippen LogP contribution is 2.23. The van der Waals surface area contributed by atoms with Crippen molar-refractivity contribution in [1.82, 2.24) is 10.2 Å². The molecule has 0 aliphatic carbocycles. The van der Waals surface area contributed by atoms with Crippen LogP contribution in [0.1, 0.15) is 59.3 Å². The van der Waals surface area contributed by atoms with Gasteiger partial charge in [0.25, 0.3) is 0 Å². The van der Waals surface area contributed by atoms with Crippen molar-refractivity contribution >= 4 is 11.9 Å². The third-order valence-corrected chi connectivity index (χ3v) is 4.26. The van der Waals surface area contributed by atoms with Crippen molar-refractivity contribution in [3.63, 3.8) is 0 Å². The van der Waals surface area contributed by atoms with Gasteiger partial charge in [0, 0.05) is 19.0 Å². The van der Waals surface area contributed by atoms with Crippen molar-refractivity contribution < 1.29 is 14.7 Å². The third-order valence-electron chi connectivity index (χ3n) is 4.26. The van der Waals surface area contributed by atoms with Crippen LogP contribution >= 0.6 is 0 Å². The van der Waals surface area contributed by atoms with Gasteiger partial charge in [0.2, 0.25) is 5.91 Å². The van der Waals surface area contributed by atoms with E-state index < -0.39 is 5.97 Å². The number of rotatable bonds is 8. The molecular formula is C16H30N2O3. The average molecular weight is 298 g/mol. The molecule has 1 heterocycles. The molecule has 0 saturated carbocycles. The predicted octanol–water partition coefficient (Wildman–Crippen LogP) is 2.26. The van der Waals surface area contributed by atoms with Gasteiger partial charge in [-0.15, -0.1) is 0 Å². The van der Waals surface area contributed by atoms with Gasteiger partial charge < -0.3 is 10.4 Å². The van der Waals surface area contributed by atoms with E-state index >= 15 is 0 Å². The van der Waals surface area contributed by atoms with Crippen LogP contribution in [0.2, 0.25) is 0 Å². The van der Waals surface area contributed by atoms with E-state index in [0.717, 1.165) is 32.2 Å². The van der Waals surface area contributed by atoms with Crippen molar-refractivity contribution in [3.05, 3.63) is 0 Å². The lowest BCUT2D eigenvalue weighted by Crippen LogP contribution is -2.52. The number of nitrogens with zero attached hydrogens (tertiary/aromatic N) is 1. The summed E-state index contributed by atoms with van der Waals surface area (Å²) < 4.78 is 0. The van der Waals surface area contributed by atoms with Crippen LogP contribution in [0.5, 0.6) is 0 Å². The lowest BCUT2D eigenvalue weighted by Gasteiger charge is -2.39. The standard InChI is InChI=1S/C16H30N2O3/c1-12(2)9-10-17-16(21)13(3)18-11-5-4-6-14(18)7-8-15(19)20/h12-14H,4-11H2,1-3H3,(H,17,21)(H,19,20). The largest absolute Gasteiger partial charge is 0.481 e. The molecule has 1 amide bonds. The van der Waals surface area contributed by atoms with Gasteiger partial charge in [-0.3, -0.25) is 14.5 Å². The van der Waals surface area contributed by atoms with Gasteiger partial charge in [0.05, 0.1) is 6.04 Å². The summed E-state index contributed by atoms with van der Waals surface area (Å²) in [4.78, 5) is 25.2. The van der Waals surface area contributed by atoms with Crippen LogP contribution in [-0.2, 0) is 9.59 Å². The summed E-state index contributed by atoms with van der Waals surface area (Å²) in [6, 6.07) is 0.0527. The van der Waals surface area contributed by atoms with Crippen LogP contribution in [0.3, 0.4) is 0 Å². The minimum absolute atomic E-state index is 0.0675. The zero-order valence-corrected chi connectivity index (χ0v) is 13.6. The third kappa shape index (κ3) is 6.46. The maximum Gasteiger partial charge on any atom is 0.303 e. The summed E-state index contributed by atoms with van der Waals surface area (Å²) in [5.74, 6) is -0.105. The number of hydrogen-bond donors (Lipinski definition) is 2. The first-order chi connectivity index (χ1) is 9.91. The molecule has 1 saturated heterocycles. The summed E-state index contributed by atoms with van der Waals surface area (Å²) in [5, 5.41) is 11.8. The summed E-state index contributed by atoms with van der Waals surface area (Å²) in [6.45, 7) is 7.83. The van der Waals surface area contributed by atoms with E-state index in [-0.39, 0.29) is 24.4 Å². The van der Waals surface area contributed by atoms with Gasteiger partial charge in [-0.2, -0.15) is 0 Å². The number of amides is 1. The van der Waals surface area contributed by atoms with Crippen molar-refractivity contribution in [2.75, 3.05) is 13.1 Å². The van der Waals surface area contributed by atoms with E-state index in [4.69, 9.17) is 5.11 Å². The molecule has 1 fully saturated rings. The zero-order valence-electron chi connectivity index (χ0n) is 13.6. The second-order valence-electron chi connectivity index (χ2n) is 6.47. The van der Waals surface area contributed by atoms with Gasteiger partial charge in [-0.1, -0.05) is 20.3 Å². The molecule has 21 heavy (non-hydrogen) atoms. The highest BCUT2D eigenvalue weighted by Gasteiger charge is 2.30. The first-order valence-corrected chi connectivity index (χ1v) is 8.17. The van der Waals surface area contributed by atoms with E-state index in [1.165, 1.54) is 0 Å². The van der Waals surface area contributed by atoms with E-state index in [0.29, 0.717) is 18.9 Å². The number of carbonyl (C=O) groups is 2. The highest BCUT2D eigenvalue weighted by atomic mass is 16.4. The molecule has 5 nitrogen and oxygen atoms in total. The summed E-state index contributed by atoms with van der Waals surface area (Å²) in [6.07, 6.45) is 5.02. The Balaban J connectivity index is 2.49. The van der Waals surface area contributed by atoms with Crippen molar-refractivity contribution in [1.29, 1.82) is 0 Å². The molecule has 1 aliphatic heterocycles. The topological polar surface area (TPSA) is 69.6 Å². The Bertz CT molecular complexity index is 344. The molecule has 2 unspecified atom stereocenters. The molecule has 1 aliphatic rings. The number of likely N-dealkylation sites (tertiary alicyclic amines) is 1. The van der Waals surface area contributed by atoms with Gasteiger partial charge in [-0.25, -0.2) is 0 Å². The molecule has 122 valence electrons. The lowest BCUT2D eigenvalue weighted by atomic mass is 9.96. The number of nitrogens with one attached hydrogen (secondary N) is 1. The molecule has 0 radical (unpaired) electrons. The second-order valence-corrected chi connectivity index (χ2v) is 6.47. The maximum absolute atomic E-state index is 12.2. The monoisotopic (exact) mass is 298 g/mol. The fraction of sp³-hybridized carbons (Fsp3) is 0.875. The fourth-order valence-electron chi connectivity index (χ4n) is 2.92. The fourth-order valence-corrected chi connectivity index (χ4v) is 2.92. The average Bonchev–Trinajstić information content (AvgIpc) is 2.44. The van der Waals surface area contributed by atoms with Crippen LogP contribution in [0.15, 0.2) is 0 Å². The summed E-state index contributed by atoms with van der Waals surface area (Å²) >= 11 is 0. The highest BCUT2D eigenvalue weighted by molar-refractivity contribution is 5.81. The lowest BCUT2D eigenvalue weighted by molar-refractivity contribution is -0.137. The molecular weight excluding hydrogens is 268 g/mol. The quantitative estimate of drug-likeness (QED) is 0.721. The predicted molar refractivity (Wildman–Crippen MR) is 83.1 cm³/mol. The first kappa shape index (κ1) is 18.0. The van der Waals surface area contributed by atoms with Gasteiger partial charge in [0.1, 0.15) is 0 Å². The Hall–Kier alpha value is -1.10. The first-order valence-electron chi connectivity index (χ1n) is 8.17.